The van der Waals surface area contributed by atoms with Crippen LogP contribution in [0.5, 0.6) is 0 Å². The molecule has 80 valence electrons. The van der Waals surface area contributed by atoms with E-state index in [1.807, 2.05) is 0 Å². The molecule has 1 fully saturated rings. The van der Waals surface area contributed by atoms with Gasteiger partial charge in [-0.15, -0.1) is 0 Å². The van der Waals surface area contributed by atoms with E-state index in [9.17, 15) is 13.6 Å². The maximum atomic E-state index is 13.3. The van der Waals surface area contributed by atoms with E-state index in [0.717, 1.165) is 18.7 Å². The monoisotopic (exact) mass is 211 g/mol. The molecule has 2 nitrogen and oxygen atoms in total. The highest BCUT2D eigenvalue weighted by Crippen LogP contribution is 2.20. The smallest absolute Gasteiger partial charge is 0.173 e. The second-order valence-electron chi connectivity index (χ2n) is 3.65. The van der Waals surface area contributed by atoms with Gasteiger partial charge >= 0.3 is 0 Å². The summed E-state index contributed by atoms with van der Waals surface area (Å²) in [5.41, 5.74) is -0.397. The van der Waals surface area contributed by atoms with E-state index in [1.54, 1.807) is 0 Å². The molecule has 1 aliphatic heterocycles. The van der Waals surface area contributed by atoms with Crippen LogP contribution in [-0.2, 0) is 0 Å². The van der Waals surface area contributed by atoms with E-state index in [2.05, 4.69) is 5.32 Å². The third kappa shape index (κ3) is 1.90. The van der Waals surface area contributed by atoms with Gasteiger partial charge in [-0.25, -0.2) is 8.78 Å². The summed E-state index contributed by atoms with van der Waals surface area (Å²) in [5.74, 6) is -2.27. The lowest BCUT2D eigenvalue weighted by Gasteiger charge is -2.08. The number of ketones is 1. The average molecular weight is 211 g/mol. The van der Waals surface area contributed by atoms with Crippen LogP contribution < -0.4 is 5.32 Å². The molecule has 0 aromatic heterocycles. The van der Waals surface area contributed by atoms with E-state index in [0.29, 0.717) is 13.0 Å². The fourth-order valence-corrected chi connectivity index (χ4v) is 1.82. The number of halogens is 2. The maximum Gasteiger partial charge on any atom is 0.173 e. The molecule has 1 saturated heterocycles. The van der Waals surface area contributed by atoms with Crippen LogP contribution in [-0.4, -0.2) is 18.9 Å². The van der Waals surface area contributed by atoms with E-state index in [-0.39, 0.29) is 5.92 Å². The van der Waals surface area contributed by atoms with Crippen LogP contribution in [0.15, 0.2) is 18.2 Å². The van der Waals surface area contributed by atoms with Crippen LogP contribution in [0.1, 0.15) is 16.8 Å². The van der Waals surface area contributed by atoms with Crippen molar-refractivity contribution in [1.29, 1.82) is 0 Å². The number of Topliss-reactive ketones (excluding diaryl/α,β-unsaturated/α-hetero) is 1. The van der Waals surface area contributed by atoms with Gasteiger partial charge in [0.2, 0.25) is 0 Å². The Morgan fingerprint density at radius 1 is 1.33 bits per heavy atom. The van der Waals surface area contributed by atoms with Crippen molar-refractivity contribution < 1.29 is 13.6 Å². The number of hydrogen-bond donors (Lipinski definition) is 1. The topological polar surface area (TPSA) is 29.1 Å². The lowest BCUT2D eigenvalue weighted by atomic mass is 9.96. The number of carbonyl (C=O) groups excluding carboxylic acids is 1. The van der Waals surface area contributed by atoms with Gasteiger partial charge in [0.1, 0.15) is 11.6 Å². The first kappa shape index (κ1) is 10.2. The molecule has 1 N–H and O–H groups in total. The van der Waals surface area contributed by atoms with Gasteiger partial charge in [0, 0.05) is 12.5 Å². The average Bonchev–Trinajstić information content (AvgIpc) is 2.69. The van der Waals surface area contributed by atoms with Crippen molar-refractivity contribution >= 4 is 5.78 Å². The SMILES string of the molecule is O=C(c1c(F)cccc1F)C1CCNC1. The fraction of sp³-hybridized carbons (Fsp3) is 0.364. The summed E-state index contributed by atoms with van der Waals surface area (Å²) in [6, 6.07) is 3.48. The molecule has 0 spiro atoms. The van der Waals surface area contributed by atoms with E-state index in [4.69, 9.17) is 0 Å². The predicted molar refractivity (Wildman–Crippen MR) is 51.7 cm³/mol. The first-order valence-corrected chi connectivity index (χ1v) is 4.89. The highest BCUT2D eigenvalue weighted by atomic mass is 19.1. The number of rotatable bonds is 2. The fourth-order valence-electron chi connectivity index (χ4n) is 1.82. The Morgan fingerprint density at radius 3 is 2.53 bits per heavy atom. The molecule has 0 radical (unpaired) electrons. The van der Waals surface area contributed by atoms with Crippen LogP contribution in [0.2, 0.25) is 0 Å². The number of carbonyl (C=O) groups is 1. The first-order chi connectivity index (χ1) is 7.20. The van der Waals surface area contributed by atoms with Crippen LogP contribution in [0, 0.1) is 17.6 Å². The number of benzene rings is 1. The maximum absolute atomic E-state index is 13.3. The van der Waals surface area contributed by atoms with Gasteiger partial charge in [0.15, 0.2) is 5.78 Å². The second kappa shape index (κ2) is 4.06. The summed E-state index contributed by atoms with van der Waals surface area (Å²) in [5, 5.41) is 3.00. The number of nitrogens with one attached hydrogen (secondary N) is 1. The highest BCUT2D eigenvalue weighted by Gasteiger charge is 2.27. The quantitative estimate of drug-likeness (QED) is 0.755. The van der Waals surface area contributed by atoms with Crippen LogP contribution in [0.4, 0.5) is 8.78 Å². The molecule has 1 unspecified atom stereocenters. The zero-order valence-electron chi connectivity index (χ0n) is 8.09. The third-order valence-electron chi connectivity index (χ3n) is 2.64. The third-order valence-corrected chi connectivity index (χ3v) is 2.64. The molecule has 1 heterocycles. The van der Waals surface area contributed by atoms with Gasteiger partial charge < -0.3 is 5.32 Å². The van der Waals surface area contributed by atoms with Crippen LogP contribution in [0.3, 0.4) is 0 Å². The normalized spacial score (nSPS) is 20.5. The van der Waals surface area contributed by atoms with Crippen molar-refractivity contribution in [2.45, 2.75) is 6.42 Å². The lowest BCUT2D eigenvalue weighted by molar-refractivity contribution is 0.0922. The van der Waals surface area contributed by atoms with Gasteiger partial charge in [0.05, 0.1) is 5.56 Å². The molecule has 1 aromatic rings. The minimum Gasteiger partial charge on any atom is -0.316 e. The van der Waals surface area contributed by atoms with Crippen molar-refractivity contribution in [3.8, 4) is 0 Å². The summed E-state index contributed by atoms with van der Waals surface area (Å²) in [4.78, 5) is 11.8. The predicted octanol–water partition coefficient (Wildman–Crippen LogP) is 1.76. The zero-order valence-corrected chi connectivity index (χ0v) is 8.09. The highest BCUT2D eigenvalue weighted by molar-refractivity contribution is 5.98. The molecule has 1 aliphatic rings. The Labute approximate surface area is 86.3 Å². The molecule has 0 bridgehead atoms. The molecule has 4 heteroatoms. The summed E-state index contributed by atoms with van der Waals surface area (Å²) in [6.45, 7) is 1.24. The lowest BCUT2D eigenvalue weighted by Crippen LogP contribution is -2.20. The van der Waals surface area contributed by atoms with Gasteiger partial charge in [0.25, 0.3) is 0 Å². The van der Waals surface area contributed by atoms with Crippen molar-refractivity contribution in [3.05, 3.63) is 35.4 Å². The molecule has 15 heavy (non-hydrogen) atoms. The van der Waals surface area contributed by atoms with Crippen molar-refractivity contribution in [2.75, 3.05) is 13.1 Å². The standard InChI is InChI=1S/C11H11F2NO/c12-8-2-1-3-9(13)10(8)11(15)7-4-5-14-6-7/h1-3,7,14H,4-6H2. The molecular formula is C11H11F2NO. The van der Waals surface area contributed by atoms with Crippen LogP contribution >= 0.6 is 0 Å². The Morgan fingerprint density at radius 2 is 2.00 bits per heavy atom. The molecule has 1 aromatic carbocycles. The Kier molecular flexibility index (Phi) is 2.77. The van der Waals surface area contributed by atoms with Crippen molar-refractivity contribution in [2.24, 2.45) is 5.92 Å². The second-order valence-corrected chi connectivity index (χ2v) is 3.65. The van der Waals surface area contributed by atoms with Crippen molar-refractivity contribution in [3.63, 3.8) is 0 Å². The largest absolute Gasteiger partial charge is 0.316 e. The van der Waals surface area contributed by atoms with E-state index >= 15 is 0 Å². The molecule has 0 aliphatic carbocycles. The molecule has 0 amide bonds. The Bertz CT molecular complexity index is 366. The molecular weight excluding hydrogens is 200 g/mol. The van der Waals surface area contributed by atoms with Crippen LogP contribution in [0.25, 0.3) is 0 Å². The summed E-state index contributed by atoms with van der Waals surface area (Å²) < 4.78 is 26.5. The van der Waals surface area contributed by atoms with Gasteiger partial charge in [-0.2, -0.15) is 0 Å². The zero-order chi connectivity index (χ0) is 10.8. The van der Waals surface area contributed by atoms with Gasteiger partial charge in [-0.3, -0.25) is 4.79 Å². The Balaban J connectivity index is 2.32. The van der Waals surface area contributed by atoms with E-state index in [1.165, 1.54) is 6.07 Å². The van der Waals surface area contributed by atoms with Gasteiger partial charge in [-0.1, -0.05) is 6.07 Å². The van der Waals surface area contributed by atoms with Crippen molar-refractivity contribution in [1.82, 2.24) is 5.32 Å². The molecule has 2 rings (SSSR count). The Hall–Kier alpha value is -1.29. The summed E-state index contributed by atoms with van der Waals surface area (Å²) >= 11 is 0. The minimum atomic E-state index is -0.771. The number of hydrogen-bond acceptors (Lipinski definition) is 2. The summed E-state index contributed by atoms with van der Waals surface area (Å²) in [6.07, 6.45) is 0.645. The van der Waals surface area contributed by atoms with E-state index < -0.39 is 23.0 Å². The van der Waals surface area contributed by atoms with Gasteiger partial charge in [-0.05, 0) is 25.1 Å². The molecule has 0 saturated carbocycles. The summed E-state index contributed by atoms with van der Waals surface area (Å²) in [7, 11) is 0. The minimum absolute atomic E-state index is 0.295. The molecule has 1 atom stereocenters. The first-order valence-electron chi connectivity index (χ1n) is 4.89.